The largest absolute Gasteiger partial charge is 0.317 e. The third-order valence-corrected chi connectivity index (χ3v) is 7.48. The first kappa shape index (κ1) is 17.9. The van der Waals surface area contributed by atoms with E-state index in [1.54, 1.807) is 29.6 Å². The molecule has 0 fully saturated rings. The topological polar surface area (TPSA) is 45.2 Å². The van der Waals surface area contributed by atoms with Gasteiger partial charge in [0.05, 0.1) is 10.6 Å². The van der Waals surface area contributed by atoms with E-state index in [1.165, 1.54) is 26.6 Å². The van der Waals surface area contributed by atoms with Gasteiger partial charge in [-0.25, -0.2) is 4.98 Å². The molecule has 2 aliphatic rings. The van der Waals surface area contributed by atoms with Crippen LogP contribution in [0.25, 0.3) is 16.6 Å². The van der Waals surface area contributed by atoms with Crippen molar-refractivity contribution in [1.82, 2.24) is 9.88 Å². The van der Waals surface area contributed by atoms with Crippen LogP contribution in [-0.4, -0.2) is 35.4 Å². The van der Waals surface area contributed by atoms with Gasteiger partial charge in [-0.3, -0.25) is 4.79 Å². The molecule has 138 valence electrons. The fraction of sp³-hybridized carbons (Fsp3) is 0.500. The minimum absolute atomic E-state index is 0.00678. The van der Waals surface area contributed by atoms with Crippen molar-refractivity contribution in [3.8, 4) is 10.6 Å². The van der Waals surface area contributed by atoms with Crippen LogP contribution < -0.4 is 5.32 Å². The van der Waals surface area contributed by atoms with Crippen LogP contribution in [0, 0.1) is 5.92 Å². The molecule has 26 heavy (non-hydrogen) atoms. The van der Waals surface area contributed by atoms with Gasteiger partial charge in [0, 0.05) is 30.5 Å². The van der Waals surface area contributed by atoms with Crippen molar-refractivity contribution < 1.29 is 4.79 Å². The van der Waals surface area contributed by atoms with Crippen molar-refractivity contribution in [3.05, 3.63) is 27.1 Å². The molecule has 0 spiro atoms. The van der Waals surface area contributed by atoms with E-state index in [9.17, 15) is 4.79 Å². The second-order valence-electron chi connectivity index (χ2n) is 7.19. The van der Waals surface area contributed by atoms with Gasteiger partial charge < -0.3 is 10.2 Å². The standard InChI is InChI=1S/C20H25N3OS2/c1-4-23-9-7-14-16(8-10-23)25-19(21-13(3)24)18(14)20-22-15-11-12(2)5-6-17(15)26-20/h5-6,12H,4,7-11H2,1-3H3,(H,21,24). The number of carbonyl (C=O) groups is 1. The summed E-state index contributed by atoms with van der Waals surface area (Å²) < 4.78 is 0. The molecule has 3 heterocycles. The van der Waals surface area contributed by atoms with Crippen LogP contribution in [0.15, 0.2) is 6.08 Å². The normalized spacial score (nSPS) is 19.7. The molecular weight excluding hydrogens is 362 g/mol. The van der Waals surface area contributed by atoms with Gasteiger partial charge in [0.2, 0.25) is 5.91 Å². The van der Waals surface area contributed by atoms with E-state index in [-0.39, 0.29) is 5.91 Å². The molecule has 0 saturated carbocycles. The maximum atomic E-state index is 11.8. The minimum atomic E-state index is -0.00678. The monoisotopic (exact) mass is 387 g/mol. The lowest BCUT2D eigenvalue weighted by Crippen LogP contribution is -2.25. The molecule has 0 bridgehead atoms. The van der Waals surface area contributed by atoms with Gasteiger partial charge >= 0.3 is 0 Å². The number of allylic oxidation sites excluding steroid dienone is 1. The molecule has 0 radical (unpaired) electrons. The van der Waals surface area contributed by atoms with Crippen LogP contribution in [0.1, 0.15) is 41.8 Å². The number of aromatic nitrogens is 1. The average Bonchev–Trinajstić information content (AvgIpc) is 3.08. The van der Waals surface area contributed by atoms with E-state index in [0.717, 1.165) is 48.9 Å². The number of nitrogens with zero attached hydrogens (tertiary/aromatic N) is 2. The lowest BCUT2D eigenvalue weighted by molar-refractivity contribution is -0.114. The van der Waals surface area contributed by atoms with Gasteiger partial charge in [-0.1, -0.05) is 19.9 Å². The molecule has 0 saturated heterocycles. The molecule has 2 aromatic heterocycles. The van der Waals surface area contributed by atoms with Gasteiger partial charge in [0.25, 0.3) is 0 Å². The Morgan fingerprint density at radius 1 is 1.35 bits per heavy atom. The highest BCUT2D eigenvalue weighted by molar-refractivity contribution is 7.19. The molecule has 4 rings (SSSR count). The van der Waals surface area contributed by atoms with Crippen molar-refractivity contribution in [2.75, 3.05) is 25.0 Å². The summed E-state index contributed by atoms with van der Waals surface area (Å²) in [4.78, 5) is 22.0. The van der Waals surface area contributed by atoms with Crippen LogP contribution >= 0.6 is 22.7 Å². The Morgan fingerprint density at radius 2 is 2.15 bits per heavy atom. The van der Waals surface area contributed by atoms with Gasteiger partial charge in [-0.2, -0.15) is 0 Å². The van der Waals surface area contributed by atoms with Gasteiger partial charge in [-0.05, 0) is 43.4 Å². The highest BCUT2D eigenvalue weighted by atomic mass is 32.1. The highest BCUT2D eigenvalue weighted by Crippen LogP contribution is 2.45. The fourth-order valence-electron chi connectivity index (χ4n) is 3.78. The number of carbonyl (C=O) groups excluding carboxylic acids is 1. The molecule has 1 N–H and O–H groups in total. The lowest BCUT2D eigenvalue weighted by Gasteiger charge is -2.16. The SMILES string of the molecule is CCN1CCc2sc(NC(C)=O)c(-c3nc4c(s3)C=CC(C)C4)c2CC1. The van der Waals surface area contributed by atoms with Gasteiger partial charge in [0.1, 0.15) is 10.0 Å². The molecule has 1 aliphatic heterocycles. The summed E-state index contributed by atoms with van der Waals surface area (Å²) in [6.45, 7) is 9.32. The number of rotatable bonds is 3. The summed E-state index contributed by atoms with van der Waals surface area (Å²) in [6, 6.07) is 0. The highest BCUT2D eigenvalue weighted by Gasteiger charge is 2.26. The number of anilines is 1. The Hall–Kier alpha value is -1.50. The Morgan fingerprint density at radius 3 is 2.92 bits per heavy atom. The number of amides is 1. The van der Waals surface area contributed by atoms with E-state index >= 15 is 0 Å². The molecule has 1 aliphatic carbocycles. The summed E-state index contributed by atoms with van der Waals surface area (Å²) in [7, 11) is 0. The zero-order valence-electron chi connectivity index (χ0n) is 15.6. The first-order valence-corrected chi connectivity index (χ1v) is 11.0. The summed E-state index contributed by atoms with van der Waals surface area (Å²) in [5.74, 6) is 0.539. The first-order chi connectivity index (χ1) is 12.5. The van der Waals surface area contributed by atoms with Crippen LogP contribution in [0.2, 0.25) is 0 Å². The summed E-state index contributed by atoms with van der Waals surface area (Å²) in [5.41, 5.74) is 3.79. The average molecular weight is 388 g/mol. The maximum absolute atomic E-state index is 11.8. The molecular formula is C20H25N3OS2. The van der Waals surface area contributed by atoms with Gasteiger partial charge in [0.15, 0.2) is 0 Å². The Bertz CT molecular complexity index is 865. The number of hydrogen-bond donors (Lipinski definition) is 1. The predicted molar refractivity (Wildman–Crippen MR) is 111 cm³/mol. The van der Waals surface area contributed by atoms with E-state index in [4.69, 9.17) is 4.98 Å². The number of thiazole rings is 1. The maximum Gasteiger partial charge on any atom is 0.221 e. The zero-order valence-corrected chi connectivity index (χ0v) is 17.2. The van der Waals surface area contributed by atoms with E-state index in [0.29, 0.717) is 5.92 Å². The van der Waals surface area contributed by atoms with Crippen LogP contribution in [0.4, 0.5) is 5.00 Å². The van der Waals surface area contributed by atoms with Crippen molar-refractivity contribution in [2.45, 2.75) is 40.0 Å². The van der Waals surface area contributed by atoms with Crippen molar-refractivity contribution in [1.29, 1.82) is 0 Å². The van der Waals surface area contributed by atoms with E-state index in [1.807, 2.05) is 0 Å². The molecule has 1 atom stereocenters. The molecule has 1 amide bonds. The van der Waals surface area contributed by atoms with Crippen LogP contribution in [-0.2, 0) is 24.1 Å². The van der Waals surface area contributed by atoms with Crippen LogP contribution in [0.5, 0.6) is 0 Å². The van der Waals surface area contributed by atoms with Crippen molar-refractivity contribution in [2.24, 2.45) is 5.92 Å². The Balaban J connectivity index is 1.78. The molecule has 4 nitrogen and oxygen atoms in total. The van der Waals surface area contributed by atoms with Crippen molar-refractivity contribution >= 4 is 39.7 Å². The zero-order chi connectivity index (χ0) is 18.3. The number of thiophene rings is 1. The molecule has 2 aromatic rings. The summed E-state index contributed by atoms with van der Waals surface area (Å²) in [5, 5.41) is 5.13. The number of hydrogen-bond acceptors (Lipinski definition) is 5. The second-order valence-corrected chi connectivity index (χ2v) is 9.33. The minimum Gasteiger partial charge on any atom is -0.317 e. The first-order valence-electron chi connectivity index (χ1n) is 9.38. The van der Waals surface area contributed by atoms with Crippen LogP contribution in [0.3, 0.4) is 0 Å². The fourth-order valence-corrected chi connectivity index (χ4v) is 6.22. The van der Waals surface area contributed by atoms with E-state index < -0.39 is 0 Å². The molecule has 1 unspecified atom stereocenters. The predicted octanol–water partition coefficient (Wildman–Crippen LogP) is 4.46. The third kappa shape index (κ3) is 3.38. The number of nitrogens with one attached hydrogen (secondary N) is 1. The van der Waals surface area contributed by atoms with E-state index in [2.05, 4.69) is 36.2 Å². The van der Waals surface area contributed by atoms with Gasteiger partial charge in [-0.15, -0.1) is 22.7 Å². The number of fused-ring (bicyclic) bond motifs is 2. The summed E-state index contributed by atoms with van der Waals surface area (Å²) >= 11 is 3.51. The Kier molecular flexibility index (Phi) is 4.99. The van der Waals surface area contributed by atoms with Crippen molar-refractivity contribution in [3.63, 3.8) is 0 Å². The third-order valence-electron chi connectivity index (χ3n) is 5.19. The molecule has 6 heteroatoms. The number of likely N-dealkylation sites (N-methyl/N-ethyl adjacent to an activating group) is 1. The second kappa shape index (κ2) is 7.25. The summed E-state index contributed by atoms with van der Waals surface area (Å²) in [6.07, 6.45) is 7.58. The Labute approximate surface area is 163 Å². The lowest BCUT2D eigenvalue weighted by atomic mass is 9.99. The molecule has 0 aromatic carbocycles. The quantitative estimate of drug-likeness (QED) is 0.846. The smallest absolute Gasteiger partial charge is 0.221 e.